The third-order valence-electron chi connectivity index (χ3n) is 5.09. The quantitative estimate of drug-likeness (QED) is 0.733. The number of anilines is 3. The van der Waals surface area contributed by atoms with Gasteiger partial charge < -0.3 is 14.7 Å². The number of benzene rings is 1. The molecule has 9 heteroatoms. The van der Waals surface area contributed by atoms with Crippen molar-refractivity contribution >= 4 is 34.4 Å². The highest BCUT2D eigenvalue weighted by atomic mass is 16.5. The summed E-state index contributed by atoms with van der Waals surface area (Å²) in [6.07, 6.45) is 4.82. The number of carboxylic acid groups (broad SMARTS) is 1. The van der Waals surface area contributed by atoms with Gasteiger partial charge in [0.25, 0.3) is 0 Å². The molecule has 0 radical (unpaired) electrons. The van der Waals surface area contributed by atoms with Crippen LogP contribution in [0.3, 0.4) is 0 Å². The number of aromatic amines is 1. The van der Waals surface area contributed by atoms with Gasteiger partial charge in [-0.05, 0) is 37.1 Å². The van der Waals surface area contributed by atoms with Gasteiger partial charge in [-0.15, -0.1) is 0 Å². The standard InChI is InChI=1S/C18H18N6O3/c25-18(26)24(17-19-7-11-8-20-22-16(11)21-17)13-3-1-12(2-4-13)23-9-14-5-6-15(10-23)27-14/h1-4,7-8,14-15H,5-6,9-10H2,(H,25,26)(H,19,20,21,22). The minimum Gasteiger partial charge on any atom is -0.464 e. The molecule has 5 rings (SSSR count). The summed E-state index contributed by atoms with van der Waals surface area (Å²) in [4.78, 5) is 23.6. The van der Waals surface area contributed by atoms with E-state index in [1.807, 2.05) is 12.1 Å². The van der Waals surface area contributed by atoms with E-state index >= 15 is 0 Å². The van der Waals surface area contributed by atoms with Crippen molar-refractivity contribution in [3.63, 3.8) is 0 Å². The number of nitrogens with one attached hydrogen (secondary N) is 1. The molecule has 3 aromatic rings. The van der Waals surface area contributed by atoms with Gasteiger partial charge in [-0.2, -0.15) is 10.1 Å². The molecule has 0 saturated carbocycles. The van der Waals surface area contributed by atoms with E-state index < -0.39 is 6.09 Å². The van der Waals surface area contributed by atoms with E-state index in [0.717, 1.165) is 41.9 Å². The highest BCUT2D eigenvalue weighted by Gasteiger charge is 2.33. The van der Waals surface area contributed by atoms with Crippen LogP contribution in [0.15, 0.2) is 36.7 Å². The molecule has 2 unspecified atom stereocenters. The molecule has 2 atom stereocenters. The lowest BCUT2D eigenvalue weighted by Gasteiger charge is -2.34. The van der Waals surface area contributed by atoms with E-state index in [-0.39, 0.29) is 5.95 Å². The van der Waals surface area contributed by atoms with Crippen molar-refractivity contribution in [1.82, 2.24) is 20.2 Å². The van der Waals surface area contributed by atoms with E-state index in [1.165, 1.54) is 0 Å². The number of aromatic nitrogens is 4. The Labute approximate surface area is 154 Å². The molecule has 2 aliphatic heterocycles. The summed E-state index contributed by atoms with van der Waals surface area (Å²) in [7, 11) is 0. The summed E-state index contributed by atoms with van der Waals surface area (Å²) < 4.78 is 5.88. The van der Waals surface area contributed by atoms with Crippen molar-refractivity contribution in [3.8, 4) is 0 Å². The molecule has 2 aliphatic rings. The topological polar surface area (TPSA) is 107 Å². The highest BCUT2D eigenvalue weighted by Crippen LogP contribution is 2.31. The highest BCUT2D eigenvalue weighted by molar-refractivity contribution is 5.93. The first kappa shape index (κ1) is 16.0. The number of carbonyl (C=O) groups is 1. The van der Waals surface area contributed by atoms with Crippen molar-refractivity contribution in [2.75, 3.05) is 22.9 Å². The van der Waals surface area contributed by atoms with E-state index in [0.29, 0.717) is 23.5 Å². The molecule has 138 valence electrons. The molecule has 9 nitrogen and oxygen atoms in total. The van der Waals surface area contributed by atoms with Crippen LogP contribution in [0.5, 0.6) is 0 Å². The lowest BCUT2D eigenvalue weighted by atomic mass is 10.2. The Hall–Kier alpha value is -3.20. The summed E-state index contributed by atoms with van der Waals surface area (Å²) >= 11 is 0. The van der Waals surface area contributed by atoms with Crippen molar-refractivity contribution in [2.45, 2.75) is 25.0 Å². The van der Waals surface area contributed by atoms with E-state index in [1.54, 1.807) is 24.5 Å². The van der Waals surface area contributed by atoms with Gasteiger partial charge in [0, 0.05) is 25.0 Å². The fourth-order valence-electron chi connectivity index (χ4n) is 3.79. The second kappa shape index (κ2) is 6.20. The van der Waals surface area contributed by atoms with Gasteiger partial charge in [-0.1, -0.05) is 0 Å². The van der Waals surface area contributed by atoms with Crippen LogP contribution in [0.1, 0.15) is 12.8 Å². The largest absolute Gasteiger partial charge is 0.464 e. The number of morpholine rings is 1. The SMILES string of the molecule is O=C(O)N(c1ccc(N2CC3CCC(C2)O3)cc1)c1ncc2cn[nH]c2n1. The second-order valence-corrected chi connectivity index (χ2v) is 6.84. The molecule has 4 heterocycles. The number of hydrogen-bond donors (Lipinski definition) is 2. The molecule has 0 aliphatic carbocycles. The lowest BCUT2D eigenvalue weighted by Crippen LogP contribution is -2.42. The molecule has 27 heavy (non-hydrogen) atoms. The number of H-pyrrole nitrogens is 1. The predicted molar refractivity (Wildman–Crippen MR) is 98.4 cm³/mol. The summed E-state index contributed by atoms with van der Waals surface area (Å²) in [5.41, 5.74) is 2.04. The number of amides is 1. The predicted octanol–water partition coefficient (Wildman–Crippen LogP) is 2.54. The molecular formula is C18H18N6O3. The summed E-state index contributed by atoms with van der Waals surface area (Å²) in [6.45, 7) is 1.75. The Morgan fingerprint density at radius 3 is 2.63 bits per heavy atom. The van der Waals surface area contributed by atoms with E-state index in [2.05, 4.69) is 25.1 Å². The van der Waals surface area contributed by atoms with E-state index in [4.69, 9.17) is 4.74 Å². The minimum atomic E-state index is -1.15. The minimum absolute atomic E-state index is 0.0800. The monoisotopic (exact) mass is 366 g/mol. The van der Waals surface area contributed by atoms with Crippen LogP contribution in [-0.2, 0) is 4.74 Å². The van der Waals surface area contributed by atoms with Crippen LogP contribution in [0.25, 0.3) is 11.0 Å². The average Bonchev–Trinajstić information content (AvgIpc) is 3.27. The maximum Gasteiger partial charge on any atom is 0.418 e. The normalized spacial score (nSPS) is 21.6. The molecular weight excluding hydrogens is 348 g/mol. The number of nitrogens with zero attached hydrogens (tertiary/aromatic N) is 5. The lowest BCUT2D eigenvalue weighted by molar-refractivity contribution is 0.0305. The fraction of sp³-hybridized carbons (Fsp3) is 0.333. The first-order valence-electron chi connectivity index (χ1n) is 8.87. The van der Waals surface area contributed by atoms with Crippen molar-refractivity contribution in [3.05, 3.63) is 36.7 Å². The Bertz CT molecular complexity index is 976. The maximum absolute atomic E-state index is 11.8. The van der Waals surface area contributed by atoms with Gasteiger partial charge in [-0.3, -0.25) is 5.10 Å². The first-order valence-corrected chi connectivity index (χ1v) is 8.87. The van der Waals surface area contributed by atoms with Crippen LogP contribution >= 0.6 is 0 Å². The summed E-state index contributed by atoms with van der Waals surface area (Å²) in [5.74, 6) is 0.0800. The molecule has 1 amide bonds. The molecule has 0 spiro atoms. The summed E-state index contributed by atoms with van der Waals surface area (Å²) in [5, 5.41) is 17.0. The fourth-order valence-corrected chi connectivity index (χ4v) is 3.79. The van der Waals surface area contributed by atoms with Crippen molar-refractivity contribution in [1.29, 1.82) is 0 Å². The molecule has 2 fully saturated rings. The maximum atomic E-state index is 11.8. The molecule has 2 saturated heterocycles. The number of hydrogen-bond acceptors (Lipinski definition) is 6. The zero-order valence-corrected chi connectivity index (χ0v) is 14.4. The smallest absolute Gasteiger partial charge is 0.418 e. The van der Waals surface area contributed by atoms with Crippen LogP contribution in [0.2, 0.25) is 0 Å². The van der Waals surface area contributed by atoms with Crippen LogP contribution < -0.4 is 9.80 Å². The Morgan fingerprint density at radius 1 is 1.19 bits per heavy atom. The molecule has 2 aromatic heterocycles. The van der Waals surface area contributed by atoms with Gasteiger partial charge in [0.2, 0.25) is 5.95 Å². The van der Waals surface area contributed by atoms with Crippen molar-refractivity contribution in [2.24, 2.45) is 0 Å². The molecule has 1 aromatic carbocycles. The zero-order chi connectivity index (χ0) is 18.4. The number of ether oxygens (including phenoxy) is 1. The van der Waals surface area contributed by atoms with Gasteiger partial charge >= 0.3 is 6.09 Å². The third kappa shape index (κ3) is 2.85. The zero-order valence-electron chi connectivity index (χ0n) is 14.4. The molecule has 2 bridgehead atoms. The molecule has 2 N–H and O–H groups in total. The Balaban J connectivity index is 1.43. The van der Waals surface area contributed by atoms with Crippen LogP contribution in [0.4, 0.5) is 22.1 Å². The first-order chi connectivity index (χ1) is 13.2. The van der Waals surface area contributed by atoms with Gasteiger partial charge in [0.05, 0.1) is 29.5 Å². The number of fused-ring (bicyclic) bond motifs is 3. The van der Waals surface area contributed by atoms with Crippen LogP contribution in [-0.4, -0.2) is 56.7 Å². The van der Waals surface area contributed by atoms with Crippen molar-refractivity contribution < 1.29 is 14.6 Å². The summed E-state index contributed by atoms with van der Waals surface area (Å²) in [6, 6.07) is 7.43. The number of rotatable bonds is 3. The van der Waals surface area contributed by atoms with Gasteiger partial charge in [0.1, 0.15) is 0 Å². The van der Waals surface area contributed by atoms with E-state index in [9.17, 15) is 9.90 Å². The van der Waals surface area contributed by atoms with Gasteiger partial charge in [-0.25, -0.2) is 14.7 Å². The van der Waals surface area contributed by atoms with Gasteiger partial charge in [0.15, 0.2) is 5.65 Å². The van der Waals surface area contributed by atoms with Crippen LogP contribution in [0, 0.1) is 0 Å². The Morgan fingerprint density at radius 2 is 1.93 bits per heavy atom. The Kier molecular flexibility index (Phi) is 3.68. The average molecular weight is 366 g/mol. The second-order valence-electron chi connectivity index (χ2n) is 6.84. The third-order valence-corrected chi connectivity index (χ3v) is 5.09.